The first-order chi connectivity index (χ1) is 13.4. The van der Waals surface area contributed by atoms with Crippen LogP contribution in [0.15, 0.2) is 54.6 Å². The molecule has 1 heterocycles. The van der Waals surface area contributed by atoms with E-state index in [0.717, 1.165) is 0 Å². The Labute approximate surface area is 162 Å². The number of carboxylic acids is 1. The van der Waals surface area contributed by atoms with Crippen LogP contribution >= 0.6 is 0 Å². The summed E-state index contributed by atoms with van der Waals surface area (Å²) < 4.78 is 5.58. The third-order valence-electron chi connectivity index (χ3n) is 4.74. The number of hydrogen-bond acceptors (Lipinski definition) is 4. The van der Waals surface area contributed by atoms with Gasteiger partial charge in [-0.25, -0.2) is 0 Å². The number of benzene rings is 2. The van der Waals surface area contributed by atoms with E-state index in [1.165, 1.54) is 11.8 Å². The van der Waals surface area contributed by atoms with Crippen LogP contribution in [0, 0.1) is 5.92 Å². The van der Waals surface area contributed by atoms with E-state index < -0.39 is 29.9 Å². The lowest BCUT2D eigenvalue weighted by Crippen LogP contribution is -2.49. The third-order valence-corrected chi connectivity index (χ3v) is 4.74. The number of anilines is 1. The lowest BCUT2D eigenvalue weighted by atomic mass is 9.94. The summed E-state index contributed by atoms with van der Waals surface area (Å²) in [6.07, 6.45) is -0.703. The fraction of sp³-hybridized carbons (Fsp3) is 0.286. The van der Waals surface area contributed by atoms with Gasteiger partial charge in [0.25, 0.3) is 5.91 Å². The Bertz CT molecular complexity index is 883. The van der Waals surface area contributed by atoms with Crippen LogP contribution in [0.2, 0.25) is 0 Å². The van der Waals surface area contributed by atoms with Crippen molar-refractivity contribution in [1.82, 2.24) is 5.32 Å². The largest absolute Gasteiger partial charge is 0.481 e. The normalized spacial score (nSPS) is 17.9. The Morgan fingerprint density at radius 3 is 2.46 bits per heavy atom. The molecule has 0 unspecified atom stereocenters. The van der Waals surface area contributed by atoms with Gasteiger partial charge in [-0.3, -0.25) is 19.3 Å². The number of fused-ring (bicyclic) bond motifs is 1. The molecule has 0 bridgehead atoms. The highest BCUT2D eigenvalue weighted by Gasteiger charge is 2.34. The SMILES string of the molecule is C[C@@H]1Oc2ccccc2N(CC(=O)N[C@@H](c2ccccc2)[C@H](C)C(=O)O)C1=O. The van der Waals surface area contributed by atoms with Gasteiger partial charge < -0.3 is 15.2 Å². The number of carbonyl (C=O) groups is 3. The monoisotopic (exact) mass is 382 g/mol. The number of hydrogen-bond donors (Lipinski definition) is 2. The molecule has 0 radical (unpaired) electrons. The predicted octanol–water partition coefficient (Wildman–Crippen LogP) is 2.38. The van der Waals surface area contributed by atoms with E-state index in [1.54, 1.807) is 55.5 Å². The highest BCUT2D eigenvalue weighted by atomic mass is 16.5. The summed E-state index contributed by atoms with van der Waals surface area (Å²) in [5.74, 6) is -2.09. The Balaban J connectivity index is 1.81. The van der Waals surface area contributed by atoms with E-state index in [-0.39, 0.29) is 12.5 Å². The van der Waals surface area contributed by atoms with Crippen molar-refractivity contribution in [2.75, 3.05) is 11.4 Å². The van der Waals surface area contributed by atoms with Crippen LogP contribution in [0.5, 0.6) is 5.75 Å². The zero-order valence-corrected chi connectivity index (χ0v) is 15.7. The molecule has 0 saturated carbocycles. The Morgan fingerprint density at radius 2 is 1.79 bits per heavy atom. The molecule has 0 aromatic heterocycles. The van der Waals surface area contributed by atoms with Crippen molar-refractivity contribution < 1.29 is 24.2 Å². The first-order valence-corrected chi connectivity index (χ1v) is 9.02. The van der Waals surface area contributed by atoms with Gasteiger partial charge >= 0.3 is 5.97 Å². The van der Waals surface area contributed by atoms with Crippen molar-refractivity contribution in [1.29, 1.82) is 0 Å². The zero-order chi connectivity index (χ0) is 20.3. The topological polar surface area (TPSA) is 95.9 Å². The molecule has 2 amide bonds. The Hall–Kier alpha value is -3.35. The molecule has 7 nitrogen and oxygen atoms in total. The van der Waals surface area contributed by atoms with Crippen LogP contribution in [0.3, 0.4) is 0 Å². The summed E-state index contributed by atoms with van der Waals surface area (Å²) in [5.41, 5.74) is 1.20. The van der Waals surface area contributed by atoms with Gasteiger partial charge in [0.1, 0.15) is 12.3 Å². The van der Waals surface area contributed by atoms with Crippen molar-refractivity contribution in [3.05, 3.63) is 60.2 Å². The second kappa shape index (κ2) is 8.12. The molecule has 2 aromatic carbocycles. The molecule has 7 heteroatoms. The maximum atomic E-state index is 12.7. The Morgan fingerprint density at radius 1 is 1.14 bits per heavy atom. The fourth-order valence-corrected chi connectivity index (χ4v) is 3.18. The number of nitrogens with zero attached hydrogens (tertiary/aromatic N) is 1. The van der Waals surface area contributed by atoms with Gasteiger partial charge in [-0.1, -0.05) is 42.5 Å². The van der Waals surface area contributed by atoms with Crippen molar-refractivity contribution in [3.63, 3.8) is 0 Å². The molecule has 0 fully saturated rings. The standard InChI is InChI=1S/C21H22N2O5/c1-13(21(26)27)19(15-8-4-3-5-9-15)22-18(24)12-23-16-10-6-7-11-17(16)28-14(2)20(23)25/h3-11,13-14,19H,12H2,1-2H3,(H,22,24)(H,26,27)/t13-,14-,19+/m0/s1. The molecule has 0 spiro atoms. The number of ether oxygens (including phenoxy) is 1. The molecular formula is C21H22N2O5. The molecule has 2 N–H and O–H groups in total. The van der Waals surface area contributed by atoms with Gasteiger partial charge in [-0.2, -0.15) is 0 Å². The molecule has 1 aliphatic rings. The first-order valence-electron chi connectivity index (χ1n) is 9.02. The number of nitrogens with one attached hydrogen (secondary N) is 1. The van der Waals surface area contributed by atoms with Crippen LogP contribution in [-0.4, -0.2) is 35.5 Å². The molecule has 0 saturated heterocycles. The number of rotatable bonds is 6. The molecule has 146 valence electrons. The van der Waals surface area contributed by atoms with E-state index in [0.29, 0.717) is 17.0 Å². The highest BCUT2D eigenvalue weighted by Crippen LogP contribution is 2.33. The van der Waals surface area contributed by atoms with Gasteiger partial charge in [0.2, 0.25) is 5.91 Å². The molecule has 0 aliphatic carbocycles. The summed E-state index contributed by atoms with van der Waals surface area (Å²) >= 11 is 0. The second-order valence-electron chi connectivity index (χ2n) is 6.73. The predicted molar refractivity (Wildman–Crippen MR) is 103 cm³/mol. The summed E-state index contributed by atoms with van der Waals surface area (Å²) in [4.78, 5) is 38.2. The van der Waals surface area contributed by atoms with Gasteiger partial charge in [0.15, 0.2) is 6.10 Å². The maximum Gasteiger partial charge on any atom is 0.308 e. The number of amides is 2. The minimum Gasteiger partial charge on any atom is -0.481 e. The average molecular weight is 382 g/mol. The highest BCUT2D eigenvalue weighted by molar-refractivity contribution is 6.03. The molecular weight excluding hydrogens is 360 g/mol. The number of aliphatic carboxylic acids is 1. The minimum atomic E-state index is -1.02. The van der Waals surface area contributed by atoms with Crippen LogP contribution < -0.4 is 15.0 Å². The van der Waals surface area contributed by atoms with Crippen LogP contribution in [0.25, 0.3) is 0 Å². The average Bonchev–Trinajstić information content (AvgIpc) is 2.69. The number of para-hydroxylation sites is 2. The van der Waals surface area contributed by atoms with Crippen molar-refractivity contribution in [3.8, 4) is 5.75 Å². The molecule has 28 heavy (non-hydrogen) atoms. The van der Waals surface area contributed by atoms with E-state index in [9.17, 15) is 19.5 Å². The molecule has 3 atom stereocenters. The maximum absolute atomic E-state index is 12.7. The third kappa shape index (κ3) is 3.98. The van der Waals surface area contributed by atoms with Gasteiger partial charge in [-0.05, 0) is 31.5 Å². The number of carbonyl (C=O) groups excluding carboxylic acids is 2. The van der Waals surface area contributed by atoms with Crippen molar-refractivity contribution in [2.45, 2.75) is 26.0 Å². The Kier molecular flexibility index (Phi) is 5.63. The summed E-state index contributed by atoms with van der Waals surface area (Å²) in [6.45, 7) is 2.94. The molecule has 1 aliphatic heterocycles. The van der Waals surface area contributed by atoms with Gasteiger partial charge in [0.05, 0.1) is 17.6 Å². The number of carboxylic acid groups (broad SMARTS) is 1. The lowest BCUT2D eigenvalue weighted by molar-refractivity contribution is -0.142. The fourth-order valence-electron chi connectivity index (χ4n) is 3.18. The molecule has 2 aromatic rings. The summed E-state index contributed by atoms with van der Waals surface area (Å²) in [6, 6.07) is 15.2. The van der Waals surface area contributed by atoms with Crippen LogP contribution in [0.4, 0.5) is 5.69 Å². The summed E-state index contributed by atoms with van der Waals surface area (Å²) in [7, 11) is 0. The summed E-state index contributed by atoms with van der Waals surface area (Å²) in [5, 5.41) is 12.2. The van der Waals surface area contributed by atoms with E-state index in [2.05, 4.69) is 5.32 Å². The lowest BCUT2D eigenvalue weighted by Gasteiger charge is -2.33. The van der Waals surface area contributed by atoms with Crippen molar-refractivity contribution in [2.24, 2.45) is 5.92 Å². The first kappa shape index (κ1) is 19.4. The van der Waals surface area contributed by atoms with E-state index >= 15 is 0 Å². The van der Waals surface area contributed by atoms with Crippen LogP contribution in [0.1, 0.15) is 25.5 Å². The zero-order valence-electron chi connectivity index (χ0n) is 15.7. The quantitative estimate of drug-likeness (QED) is 0.800. The second-order valence-corrected chi connectivity index (χ2v) is 6.73. The van der Waals surface area contributed by atoms with Crippen LogP contribution in [-0.2, 0) is 14.4 Å². The van der Waals surface area contributed by atoms with E-state index in [4.69, 9.17) is 4.74 Å². The smallest absolute Gasteiger partial charge is 0.308 e. The van der Waals surface area contributed by atoms with Gasteiger partial charge in [-0.15, -0.1) is 0 Å². The van der Waals surface area contributed by atoms with Crippen molar-refractivity contribution >= 4 is 23.5 Å². The molecule has 3 rings (SSSR count). The minimum absolute atomic E-state index is 0.223. The van der Waals surface area contributed by atoms with E-state index in [1.807, 2.05) is 6.07 Å². The van der Waals surface area contributed by atoms with Gasteiger partial charge in [0, 0.05) is 0 Å².